The molecule has 0 aliphatic heterocycles. The fourth-order valence-corrected chi connectivity index (χ4v) is 2.79. The second-order valence-corrected chi connectivity index (χ2v) is 5.67. The Labute approximate surface area is 137 Å². The number of ether oxygens (including phenoxy) is 1. The SMILES string of the molecule is CCN(CC)CCOc1ccc(-c2cc3ccccc3[nH]2)cc1. The zero-order valence-corrected chi connectivity index (χ0v) is 13.9. The lowest BCUT2D eigenvalue weighted by Gasteiger charge is -2.18. The molecule has 0 aliphatic rings. The molecule has 120 valence electrons. The molecular formula is C20H24N2O. The van der Waals surface area contributed by atoms with Gasteiger partial charge in [-0.2, -0.15) is 0 Å². The van der Waals surface area contributed by atoms with Crippen LogP contribution in [-0.4, -0.2) is 36.1 Å². The summed E-state index contributed by atoms with van der Waals surface area (Å²) in [5.41, 5.74) is 3.49. The number of benzene rings is 2. The first-order valence-electron chi connectivity index (χ1n) is 8.33. The number of aromatic amines is 1. The summed E-state index contributed by atoms with van der Waals surface area (Å²) in [7, 11) is 0. The van der Waals surface area contributed by atoms with Crippen molar-refractivity contribution >= 4 is 10.9 Å². The molecule has 0 atom stereocenters. The number of hydrogen-bond acceptors (Lipinski definition) is 2. The summed E-state index contributed by atoms with van der Waals surface area (Å²) in [6.07, 6.45) is 0. The maximum atomic E-state index is 5.84. The maximum absolute atomic E-state index is 5.84. The van der Waals surface area contributed by atoms with Crippen LogP contribution in [0.15, 0.2) is 54.6 Å². The fraction of sp³-hybridized carbons (Fsp3) is 0.300. The molecule has 2 aromatic carbocycles. The van der Waals surface area contributed by atoms with Crippen LogP contribution in [0.5, 0.6) is 5.75 Å². The van der Waals surface area contributed by atoms with Gasteiger partial charge in [0.15, 0.2) is 0 Å². The van der Waals surface area contributed by atoms with E-state index in [4.69, 9.17) is 4.74 Å². The Morgan fingerprint density at radius 3 is 2.39 bits per heavy atom. The Balaban J connectivity index is 1.65. The number of likely N-dealkylation sites (N-methyl/N-ethyl adjacent to an activating group) is 1. The lowest BCUT2D eigenvalue weighted by molar-refractivity contribution is 0.223. The molecule has 3 rings (SSSR count). The van der Waals surface area contributed by atoms with Gasteiger partial charge < -0.3 is 14.6 Å². The Hall–Kier alpha value is -2.26. The zero-order valence-electron chi connectivity index (χ0n) is 13.9. The smallest absolute Gasteiger partial charge is 0.119 e. The van der Waals surface area contributed by atoms with Crippen molar-refractivity contribution in [1.82, 2.24) is 9.88 Å². The van der Waals surface area contributed by atoms with E-state index in [0.29, 0.717) is 0 Å². The first-order valence-corrected chi connectivity index (χ1v) is 8.33. The first-order chi connectivity index (χ1) is 11.3. The van der Waals surface area contributed by atoms with Gasteiger partial charge in [-0.25, -0.2) is 0 Å². The molecule has 3 nitrogen and oxygen atoms in total. The van der Waals surface area contributed by atoms with Gasteiger partial charge in [0.25, 0.3) is 0 Å². The van der Waals surface area contributed by atoms with Crippen LogP contribution in [0.2, 0.25) is 0 Å². The number of nitrogens with zero attached hydrogens (tertiary/aromatic N) is 1. The van der Waals surface area contributed by atoms with Crippen molar-refractivity contribution in [2.75, 3.05) is 26.2 Å². The Morgan fingerprint density at radius 2 is 1.70 bits per heavy atom. The molecule has 1 N–H and O–H groups in total. The summed E-state index contributed by atoms with van der Waals surface area (Å²) >= 11 is 0. The third-order valence-corrected chi connectivity index (χ3v) is 4.27. The molecule has 23 heavy (non-hydrogen) atoms. The minimum atomic E-state index is 0.730. The normalized spacial score (nSPS) is 11.3. The van der Waals surface area contributed by atoms with Crippen molar-refractivity contribution < 1.29 is 4.74 Å². The summed E-state index contributed by atoms with van der Waals surface area (Å²) in [5.74, 6) is 0.928. The van der Waals surface area contributed by atoms with E-state index in [0.717, 1.165) is 37.7 Å². The van der Waals surface area contributed by atoms with E-state index in [1.54, 1.807) is 0 Å². The van der Waals surface area contributed by atoms with Crippen LogP contribution < -0.4 is 4.74 Å². The average Bonchev–Trinajstić information content (AvgIpc) is 3.03. The molecule has 0 bridgehead atoms. The van der Waals surface area contributed by atoms with E-state index < -0.39 is 0 Å². The summed E-state index contributed by atoms with van der Waals surface area (Å²) in [4.78, 5) is 5.82. The number of aromatic nitrogens is 1. The highest BCUT2D eigenvalue weighted by atomic mass is 16.5. The van der Waals surface area contributed by atoms with Gasteiger partial charge in [-0.15, -0.1) is 0 Å². The van der Waals surface area contributed by atoms with Gasteiger partial charge in [0, 0.05) is 23.1 Å². The second-order valence-electron chi connectivity index (χ2n) is 5.67. The Morgan fingerprint density at radius 1 is 0.957 bits per heavy atom. The van der Waals surface area contributed by atoms with Gasteiger partial charge >= 0.3 is 0 Å². The van der Waals surface area contributed by atoms with E-state index in [2.05, 4.69) is 66.2 Å². The van der Waals surface area contributed by atoms with Crippen molar-refractivity contribution in [3.63, 3.8) is 0 Å². The number of nitrogens with one attached hydrogen (secondary N) is 1. The standard InChI is InChI=1S/C20H24N2O/c1-3-22(4-2)13-14-23-18-11-9-16(10-12-18)20-15-17-7-5-6-8-19(17)21-20/h5-12,15,21H,3-4,13-14H2,1-2H3. The minimum Gasteiger partial charge on any atom is -0.492 e. The average molecular weight is 308 g/mol. The van der Waals surface area contributed by atoms with Gasteiger partial charge in [-0.05, 0) is 55.1 Å². The highest BCUT2D eigenvalue weighted by Gasteiger charge is 2.04. The zero-order chi connectivity index (χ0) is 16.1. The molecule has 0 aliphatic carbocycles. The second kappa shape index (κ2) is 7.34. The monoisotopic (exact) mass is 308 g/mol. The van der Waals surface area contributed by atoms with Gasteiger partial charge in [-0.1, -0.05) is 32.0 Å². The molecule has 1 aromatic heterocycles. The molecule has 0 amide bonds. The van der Waals surface area contributed by atoms with Crippen molar-refractivity contribution in [3.8, 4) is 17.0 Å². The van der Waals surface area contributed by atoms with Crippen molar-refractivity contribution in [1.29, 1.82) is 0 Å². The minimum absolute atomic E-state index is 0.730. The predicted octanol–water partition coefficient (Wildman–Crippen LogP) is 4.56. The maximum Gasteiger partial charge on any atom is 0.119 e. The van der Waals surface area contributed by atoms with Crippen LogP contribution in [0.4, 0.5) is 0 Å². The Kier molecular flexibility index (Phi) is 4.99. The van der Waals surface area contributed by atoms with Gasteiger partial charge in [-0.3, -0.25) is 0 Å². The van der Waals surface area contributed by atoms with Crippen LogP contribution in [0.3, 0.4) is 0 Å². The third-order valence-electron chi connectivity index (χ3n) is 4.27. The van der Waals surface area contributed by atoms with Crippen molar-refractivity contribution in [2.24, 2.45) is 0 Å². The summed E-state index contributed by atoms with van der Waals surface area (Å²) < 4.78 is 5.84. The van der Waals surface area contributed by atoms with E-state index in [1.165, 1.54) is 16.5 Å². The third kappa shape index (κ3) is 3.74. The fourth-order valence-electron chi connectivity index (χ4n) is 2.79. The summed E-state index contributed by atoms with van der Waals surface area (Å²) in [6, 6.07) is 18.8. The van der Waals surface area contributed by atoms with Crippen LogP contribution >= 0.6 is 0 Å². The van der Waals surface area contributed by atoms with E-state index in [1.807, 2.05) is 12.1 Å². The lowest BCUT2D eigenvalue weighted by Crippen LogP contribution is -2.27. The van der Waals surface area contributed by atoms with Crippen LogP contribution in [0.25, 0.3) is 22.2 Å². The Bertz CT molecular complexity index is 709. The number of hydrogen-bond donors (Lipinski definition) is 1. The molecule has 0 radical (unpaired) electrons. The lowest BCUT2D eigenvalue weighted by atomic mass is 10.1. The van der Waals surface area contributed by atoms with E-state index >= 15 is 0 Å². The van der Waals surface area contributed by atoms with Crippen molar-refractivity contribution in [3.05, 3.63) is 54.6 Å². The van der Waals surface area contributed by atoms with Crippen LogP contribution in [0.1, 0.15) is 13.8 Å². The molecular weight excluding hydrogens is 284 g/mol. The molecule has 1 heterocycles. The molecule has 0 saturated carbocycles. The highest BCUT2D eigenvalue weighted by molar-refractivity contribution is 5.85. The molecule has 0 spiro atoms. The van der Waals surface area contributed by atoms with E-state index in [-0.39, 0.29) is 0 Å². The van der Waals surface area contributed by atoms with Gasteiger partial charge in [0.05, 0.1) is 0 Å². The molecule has 3 heteroatoms. The topological polar surface area (TPSA) is 28.3 Å². The van der Waals surface area contributed by atoms with Crippen molar-refractivity contribution in [2.45, 2.75) is 13.8 Å². The molecule has 3 aromatic rings. The highest BCUT2D eigenvalue weighted by Crippen LogP contribution is 2.25. The molecule has 0 fully saturated rings. The quantitative estimate of drug-likeness (QED) is 0.693. The van der Waals surface area contributed by atoms with Gasteiger partial charge in [0.1, 0.15) is 12.4 Å². The number of rotatable bonds is 7. The number of fused-ring (bicyclic) bond motifs is 1. The number of para-hydroxylation sites is 1. The first kappa shape index (κ1) is 15.6. The summed E-state index contributed by atoms with van der Waals surface area (Å²) in [6.45, 7) is 8.19. The van der Waals surface area contributed by atoms with E-state index in [9.17, 15) is 0 Å². The van der Waals surface area contributed by atoms with Crippen LogP contribution in [0, 0.1) is 0 Å². The molecule has 0 unspecified atom stereocenters. The van der Waals surface area contributed by atoms with Crippen LogP contribution in [-0.2, 0) is 0 Å². The largest absolute Gasteiger partial charge is 0.492 e. The van der Waals surface area contributed by atoms with Gasteiger partial charge in [0.2, 0.25) is 0 Å². The predicted molar refractivity (Wildman–Crippen MR) is 97.0 cm³/mol. The molecule has 0 saturated heterocycles. The number of H-pyrrole nitrogens is 1. The summed E-state index contributed by atoms with van der Waals surface area (Å²) in [5, 5.41) is 1.24.